The van der Waals surface area contributed by atoms with E-state index in [4.69, 9.17) is 5.11 Å². The number of sulfonamides is 1. The van der Waals surface area contributed by atoms with Crippen molar-refractivity contribution in [1.82, 2.24) is 4.31 Å². The van der Waals surface area contributed by atoms with Gasteiger partial charge in [0, 0.05) is 12.6 Å². The molecule has 1 fully saturated rings. The van der Waals surface area contributed by atoms with Crippen molar-refractivity contribution in [3.63, 3.8) is 0 Å². The number of aromatic carboxylic acids is 1. The lowest BCUT2D eigenvalue weighted by Crippen LogP contribution is -2.33. The molecule has 1 N–H and O–H groups in total. The Kier molecular flexibility index (Phi) is 3.91. The fourth-order valence-corrected chi connectivity index (χ4v) is 3.96. The summed E-state index contributed by atoms with van der Waals surface area (Å²) in [7, 11) is -3.36. The van der Waals surface area contributed by atoms with Gasteiger partial charge in [-0.25, -0.2) is 13.2 Å². The Hall–Kier alpha value is -1.40. The van der Waals surface area contributed by atoms with Crippen LogP contribution in [0.4, 0.5) is 0 Å². The van der Waals surface area contributed by atoms with Crippen LogP contribution in [0.15, 0.2) is 24.3 Å². The predicted molar refractivity (Wildman–Crippen MR) is 71.4 cm³/mol. The Morgan fingerprint density at radius 3 is 2.63 bits per heavy atom. The van der Waals surface area contributed by atoms with E-state index in [1.807, 2.05) is 6.92 Å². The minimum absolute atomic E-state index is 0.113. The highest BCUT2D eigenvalue weighted by Gasteiger charge is 2.35. The number of benzene rings is 1. The van der Waals surface area contributed by atoms with E-state index in [1.54, 1.807) is 12.1 Å². The zero-order valence-corrected chi connectivity index (χ0v) is 11.6. The maximum absolute atomic E-state index is 12.3. The number of carboxylic acid groups (broad SMARTS) is 1. The molecule has 5 nitrogen and oxygen atoms in total. The smallest absolute Gasteiger partial charge is 0.335 e. The molecule has 0 heterocycles. The number of nitrogens with zero attached hydrogens (tertiary/aromatic N) is 1. The van der Waals surface area contributed by atoms with E-state index >= 15 is 0 Å². The van der Waals surface area contributed by atoms with Gasteiger partial charge in [-0.1, -0.05) is 19.1 Å². The molecular formula is C13H17NO4S. The second kappa shape index (κ2) is 5.30. The van der Waals surface area contributed by atoms with E-state index in [2.05, 4.69) is 0 Å². The largest absolute Gasteiger partial charge is 0.478 e. The molecule has 0 saturated heterocycles. The third kappa shape index (κ3) is 3.33. The molecule has 6 heteroatoms. The highest BCUT2D eigenvalue weighted by atomic mass is 32.2. The van der Waals surface area contributed by atoms with Crippen molar-refractivity contribution < 1.29 is 18.3 Å². The molecular weight excluding hydrogens is 266 g/mol. The maximum atomic E-state index is 12.3. The molecule has 0 radical (unpaired) electrons. The van der Waals surface area contributed by atoms with Crippen molar-refractivity contribution >= 4 is 16.0 Å². The fourth-order valence-electron chi connectivity index (χ4n) is 2.13. The van der Waals surface area contributed by atoms with Crippen molar-refractivity contribution in [3.8, 4) is 0 Å². The zero-order valence-electron chi connectivity index (χ0n) is 10.7. The van der Waals surface area contributed by atoms with Crippen LogP contribution in [0, 0.1) is 0 Å². The van der Waals surface area contributed by atoms with Crippen molar-refractivity contribution in [1.29, 1.82) is 0 Å². The molecule has 0 bridgehead atoms. The Labute approximate surface area is 112 Å². The fraction of sp³-hybridized carbons (Fsp3) is 0.462. The molecule has 104 valence electrons. The summed E-state index contributed by atoms with van der Waals surface area (Å²) in [5.41, 5.74) is 0.626. The van der Waals surface area contributed by atoms with Crippen LogP contribution in [0.1, 0.15) is 35.7 Å². The average molecular weight is 283 g/mol. The Balaban J connectivity index is 2.19. The SMILES string of the molecule is CCN(C1CC1)S(=O)(=O)Cc1cccc(C(=O)O)c1. The minimum atomic E-state index is -3.36. The molecule has 2 rings (SSSR count). The van der Waals surface area contributed by atoms with Crippen LogP contribution in [0.25, 0.3) is 0 Å². The van der Waals surface area contributed by atoms with Crippen LogP contribution in [0.3, 0.4) is 0 Å². The molecule has 1 aromatic rings. The van der Waals surface area contributed by atoms with E-state index < -0.39 is 16.0 Å². The first-order valence-corrected chi connectivity index (χ1v) is 7.86. The van der Waals surface area contributed by atoms with E-state index in [1.165, 1.54) is 16.4 Å². The second-order valence-corrected chi connectivity index (χ2v) is 6.62. The summed E-state index contributed by atoms with van der Waals surface area (Å²) < 4.78 is 26.1. The van der Waals surface area contributed by atoms with Crippen LogP contribution in [0.5, 0.6) is 0 Å². The summed E-state index contributed by atoms with van der Waals surface area (Å²) in [6.07, 6.45) is 1.84. The molecule has 0 spiro atoms. The average Bonchev–Trinajstić information content (AvgIpc) is 3.13. The molecule has 1 aromatic carbocycles. The van der Waals surface area contributed by atoms with Gasteiger partial charge in [-0.15, -0.1) is 0 Å². The quantitative estimate of drug-likeness (QED) is 0.862. The van der Waals surface area contributed by atoms with Gasteiger partial charge in [-0.3, -0.25) is 0 Å². The lowest BCUT2D eigenvalue weighted by molar-refractivity contribution is 0.0696. The highest BCUT2D eigenvalue weighted by Crippen LogP contribution is 2.30. The standard InChI is InChI=1S/C13H17NO4S/c1-2-14(12-6-7-12)19(17,18)9-10-4-3-5-11(8-10)13(15)16/h3-5,8,12H,2,6-7,9H2,1H3,(H,15,16). The van der Waals surface area contributed by atoms with E-state index in [-0.39, 0.29) is 17.4 Å². The van der Waals surface area contributed by atoms with Gasteiger partial charge in [0.05, 0.1) is 11.3 Å². The Bertz CT molecular complexity index is 578. The van der Waals surface area contributed by atoms with Crippen LogP contribution in [0.2, 0.25) is 0 Å². The van der Waals surface area contributed by atoms with Crippen molar-refractivity contribution in [2.45, 2.75) is 31.6 Å². The van der Waals surface area contributed by atoms with Crippen LogP contribution >= 0.6 is 0 Å². The topological polar surface area (TPSA) is 74.7 Å². The molecule has 0 unspecified atom stereocenters. The molecule has 0 aliphatic heterocycles. The molecule has 1 aliphatic carbocycles. The van der Waals surface area contributed by atoms with Gasteiger partial charge in [0.1, 0.15) is 0 Å². The number of rotatable bonds is 6. The van der Waals surface area contributed by atoms with Crippen LogP contribution in [-0.4, -0.2) is 36.4 Å². The number of hydrogen-bond donors (Lipinski definition) is 1. The number of carbonyl (C=O) groups is 1. The minimum Gasteiger partial charge on any atom is -0.478 e. The van der Waals surface area contributed by atoms with E-state index in [0.717, 1.165) is 12.8 Å². The second-order valence-electron chi connectivity index (χ2n) is 4.70. The number of carboxylic acids is 1. The van der Waals surface area contributed by atoms with Crippen molar-refractivity contribution in [2.75, 3.05) is 6.54 Å². The molecule has 1 aliphatic rings. The van der Waals surface area contributed by atoms with Gasteiger partial charge in [0.15, 0.2) is 0 Å². The van der Waals surface area contributed by atoms with Crippen LogP contribution < -0.4 is 0 Å². The summed E-state index contributed by atoms with van der Waals surface area (Å²) >= 11 is 0. The molecule has 19 heavy (non-hydrogen) atoms. The van der Waals surface area contributed by atoms with E-state index in [9.17, 15) is 13.2 Å². The third-order valence-electron chi connectivity index (χ3n) is 3.15. The first kappa shape index (κ1) is 14.0. The Morgan fingerprint density at radius 2 is 2.11 bits per heavy atom. The monoisotopic (exact) mass is 283 g/mol. The van der Waals surface area contributed by atoms with Gasteiger partial charge < -0.3 is 5.11 Å². The van der Waals surface area contributed by atoms with Crippen molar-refractivity contribution in [3.05, 3.63) is 35.4 Å². The normalized spacial score (nSPS) is 15.7. The van der Waals surface area contributed by atoms with Gasteiger partial charge in [0.25, 0.3) is 0 Å². The summed E-state index contributed by atoms with van der Waals surface area (Å²) in [6.45, 7) is 2.29. The summed E-state index contributed by atoms with van der Waals surface area (Å²) in [5, 5.41) is 8.90. The molecule has 0 aromatic heterocycles. The number of hydrogen-bond acceptors (Lipinski definition) is 3. The summed E-state index contributed by atoms with van der Waals surface area (Å²) in [5.74, 6) is -1.19. The zero-order chi connectivity index (χ0) is 14.0. The van der Waals surface area contributed by atoms with Gasteiger partial charge in [-0.2, -0.15) is 4.31 Å². The van der Waals surface area contributed by atoms with Gasteiger partial charge in [0.2, 0.25) is 10.0 Å². The van der Waals surface area contributed by atoms with Gasteiger partial charge >= 0.3 is 5.97 Å². The molecule has 1 saturated carbocycles. The maximum Gasteiger partial charge on any atom is 0.335 e. The highest BCUT2D eigenvalue weighted by molar-refractivity contribution is 7.88. The first-order valence-electron chi connectivity index (χ1n) is 6.26. The Morgan fingerprint density at radius 1 is 1.42 bits per heavy atom. The summed E-state index contributed by atoms with van der Waals surface area (Å²) in [6, 6.07) is 6.22. The van der Waals surface area contributed by atoms with E-state index in [0.29, 0.717) is 12.1 Å². The lowest BCUT2D eigenvalue weighted by atomic mass is 10.1. The summed E-state index contributed by atoms with van der Waals surface area (Å²) in [4.78, 5) is 10.9. The third-order valence-corrected chi connectivity index (χ3v) is 5.12. The van der Waals surface area contributed by atoms with Crippen LogP contribution in [-0.2, 0) is 15.8 Å². The lowest BCUT2D eigenvalue weighted by Gasteiger charge is -2.19. The molecule has 0 amide bonds. The van der Waals surface area contributed by atoms with Crippen molar-refractivity contribution in [2.24, 2.45) is 0 Å². The predicted octanol–water partition coefficient (Wildman–Crippen LogP) is 1.70. The first-order chi connectivity index (χ1) is 8.94. The molecule has 0 atom stereocenters. The van der Waals surface area contributed by atoms with Gasteiger partial charge in [-0.05, 0) is 30.5 Å².